The third-order valence-electron chi connectivity index (χ3n) is 1.52. The zero-order chi connectivity index (χ0) is 10.1. The summed E-state index contributed by atoms with van der Waals surface area (Å²) in [7, 11) is -3.26. The molecule has 4 nitrogen and oxygen atoms in total. The average molecular weight is 222 g/mol. The fourth-order valence-corrected chi connectivity index (χ4v) is 1.47. The zero-order valence-corrected chi connectivity index (χ0v) is 10.7. The minimum atomic E-state index is -3.26. The molecule has 0 unspecified atom stereocenters. The molecule has 0 N–H and O–H groups in total. The molecule has 0 radical (unpaired) electrons. The second-order valence-corrected chi connectivity index (χ2v) is 4.60. The molecule has 0 aliphatic heterocycles. The van der Waals surface area contributed by atoms with Crippen molar-refractivity contribution in [1.82, 2.24) is 0 Å². The smallest absolute Gasteiger partial charge is 0.545 e. The summed E-state index contributed by atoms with van der Waals surface area (Å²) in [6.07, 6.45) is 1.06. The molecule has 0 fully saturated rings. The largest absolute Gasteiger partial charge is 1.00 e. The van der Waals surface area contributed by atoms with Gasteiger partial charge in [0.2, 0.25) is 0 Å². The van der Waals surface area contributed by atoms with E-state index in [9.17, 15) is 18.3 Å². The van der Waals surface area contributed by atoms with Crippen LogP contribution in [0.15, 0.2) is 29.2 Å². The van der Waals surface area contributed by atoms with Gasteiger partial charge in [0.25, 0.3) is 0 Å². The van der Waals surface area contributed by atoms with E-state index in [1.807, 2.05) is 0 Å². The Labute approximate surface area is 104 Å². The third kappa shape index (κ3) is 3.42. The molecule has 1 rings (SSSR count). The van der Waals surface area contributed by atoms with Crippen molar-refractivity contribution in [3.63, 3.8) is 0 Å². The Kier molecular flexibility index (Phi) is 4.80. The van der Waals surface area contributed by atoms with Crippen LogP contribution in [0.25, 0.3) is 0 Å². The van der Waals surface area contributed by atoms with Gasteiger partial charge in [0.15, 0.2) is 9.84 Å². The summed E-state index contributed by atoms with van der Waals surface area (Å²) in [6, 6.07) is 4.87. The Morgan fingerprint density at radius 2 is 1.64 bits per heavy atom. The Bertz CT molecular complexity index is 421. The first-order chi connectivity index (χ1) is 5.91. The molecule has 0 aliphatic carbocycles. The zero-order valence-electron chi connectivity index (χ0n) is 7.85. The maximum absolute atomic E-state index is 11.0. The molecule has 0 atom stereocenters. The molecule has 14 heavy (non-hydrogen) atoms. The monoisotopic (exact) mass is 222 g/mol. The number of carboxylic acids is 1. The van der Waals surface area contributed by atoms with Crippen LogP contribution in [0.4, 0.5) is 0 Å². The summed E-state index contributed by atoms with van der Waals surface area (Å²) < 4.78 is 21.9. The summed E-state index contributed by atoms with van der Waals surface area (Å²) in [6.45, 7) is 0. The number of rotatable bonds is 2. The molecule has 0 saturated carbocycles. The van der Waals surface area contributed by atoms with E-state index in [-0.39, 0.29) is 40.0 Å². The topological polar surface area (TPSA) is 74.3 Å². The van der Waals surface area contributed by atoms with E-state index in [2.05, 4.69) is 0 Å². The molecule has 0 amide bonds. The van der Waals surface area contributed by atoms with Crippen LogP contribution in [0.3, 0.4) is 0 Å². The number of carboxylic acid groups (broad SMARTS) is 1. The summed E-state index contributed by atoms with van der Waals surface area (Å²) >= 11 is 0. The van der Waals surface area contributed by atoms with Crippen molar-refractivity contribution in [2.24, 2.45) is 0 Å². The van der Waals surface area contributed by atoms with Crippen LogP contribution in [0.2, 0.25) is 0 Å². The SMILES string of the molecule is CS(=O)(=O)c1ccc(C(=O)[O-])cc1.[Na+]. The van der Waals surface area contributed by atoms with E-state index in [0.29, 0.717) is 0 Å². The minimum Gasteiger partial charge on any atom is -0.545 e. The fraction of sp³-hybridized carbons (Fsp3) is 0.125. The van der Waals surface area contributed by atoms with Crippen LogP contribution >= 0.6 is 0 Å². The summed E-state index contributed by atoms with van der Waals surface area (Å²) in [5, 5.41) is 10.3. The van der Waals surface area contributed by atoms with Gasteiger partial charge in [-0.1, -0.05) is 12.1 Å². The Balaban J connectivity index is 0.00000169. The second kappa shape index (κ2) is 4.93. The van der Waals surface area contributed by atoms with Crippen molar-refractivity contribution in [2.75, 3.05) is 6.26 Å². The van der Waals surface area contributed by atoms with Gasteiger partial charge in [-0.15, -0.1) is 0 Å². The molecule has 0 aromatic heterocycles. The molecule has 0 heterocycles. The average Bonchev–Trinajstić information content (AvgIpc) is 2.03. The number of carbonyl (C=O) groups excluding carboxylic acids is 1. The molecule has 0 aliphatic rings. The summed E-state index contributed by atoms with van der Waals surface area (Å²) in [4.78, 5) is 10.4. The number of carbonyl (C=O) groups is 1. The molecule has 1 aromatic carbocycles. The first kappa shape index (κ1) is 13.6. The molecule has 70 valence electrons. The van der Waals surface area contributed by atoms with Gasteiger partial charge in [-0.2, -0.15) is 0 Å². The van der Waals surface area contributed by atoms with Crippen molar-refractivity contribution in [3.8, 4) is 0 Å². The predicted molar refractivity (Wildman–Crippen MR) is 43.9 cm³/mol. The van der Waals surface area contributed by atoms with Crippen LogP contribution in [0.1, 0.15) is 10.4 Å². The van der Waals surface area contributed by atoms with Crippen molar-refractivity contribution in [1.29, 1.82) is 0 Å². The quantitative estimate of drug-likeness (QED) is 0.486. The van der Waals surface area contributed by atoms with Gasteiger partial charge in [0.1, 0.15) is 0 Å². The first-order valence-electron chi connectivity index (χ1n) is 3.43. The van der Waals surface area contributed by atoms with Crippen LogP contribution in [-0.4, -0.2) is 20.6 Å². The van der Waals surface area contributed by atoms with Crippen molar-refractivity contribution >= 4 is 15.8 Å². The van der Waals surface area contributed by atoms with Gasteiger partial charge >= 0.3 is 29.6 Å². The second-order valence-electron chi connectivity index (χ2n) is 2.58. The van der Waals surface area contributed by atoms with E-state index in [1.54, 1.807) is 0 Å². The number of hydrogen-bond acceptors (Lipinski definition) is 4. The molecular formula is C8H7NaO4S. The summed E-state index contributed by atoms with van der Waals surface area (Å²) in [5.74, 6) is -1.32. The normalized spacial score (nSPS) is 10.4. The Morgan fingerprint density at radius 1 is 1.21 bits per heavy atom. The number of benzene rings is 1. The summed E-state index contributed by atoms with van der Waals surface area (Å²) in [5.41, 5.74) is -0.0348. The third-order valence-corrected chi connectivity index (χ3v) is 2.65. The maximum Gasteiger partial charge on any atom is 1.00 e. The molecular weight excluding hydrogens is 215 g/mol. The van der Waals surface area contributed by atoms with Crippen LogP contribution in [0, 0.1) is 0 Å². The van der Waals surface area contributed by atoms with Gasteiger partial charge in [-0.25, -0.2) is 8.42 Å². The van der Waals surface area contributed by atoms with Crippen LogP contribution in [-0.2, 0) is 9.84 Å². The Hall–Kier alpha value is -0.360. The van der Waals surface area contributed by atoms with Gasteiger partial charge in [-0.3, -0.25) is 0 Å². The van der Waals surface area contributed by atoms with E-state index in [4.69, 9.17) is 0 Å². The van der Waals surface area contributed by atoms with E-state index in [1.165, 1.54) is 24.3 Å². The molecule has 6 heteroatoms. The number of hydrogen-bond donors (Lipinski definition) is 0. The predicted octanol–water partition coefficient (Wildman–Crippen LogP) is -3.54. The molecule has 0 spiro atoms. The standard InChI is InChI=1S/C8H8O4S.Na/c1-13(11,12)7-4-2-6(3-5-7)8(9)10;/h2-5H,1H3,(H,9,10);/q;+1/p-1. The van der Waals surface area contributed by atoms with Crippen molar-refractivity contribution in [2.45, 2.75) is 4.90 Å². The number of aromatic carboxylic acids is 1. The van der Waals surface area contributed by atoms with Gasteiger partial charge in [0, 0.05) is 6.26 Å². The van der Waals surface area contributed by atoms with E-state index in [0.717, 1.165) is 6.26 Å². The van der Waals surface area contributed by atoms with Crippen molar-refractivity contribution in [3.05, 3.63) is 29.8 Å². The van der Waals surface area contributed by atoms with Gasteiger partial charge in [-0.05, 0) is 17.7 Å². The van der Waals surface area contributed by atoms with Crippen LogP contribution in [0.5, 0.6) is 0 Å². The Morgan fingerprint density at radius 3 is 1.93 bits per heavy atom. The molecule has 0 saturated heterocycles. The van der Waals surface area contributed by atoms with E-state index >= 15 is 0 Å². The van der Waals surface area contributed by atoms with Crippen molar-refractivity contribution < 1.29 is 47.9 Å². The van der Waals surface area contributed by atoms with Gasteiger partial charge < -0.3 is 9.90 Å². The van der Waals surface area contributed by atoms with E-state index < -0.39 is 15.8 Å². The maximum atomic E-state index is 11.0. The number of sulfone groups is 1. The van der Waals surface area contributed by atoms with Gasteiger partial charge in [0.05, 0.1) is 10.9 Å². The fourth-order valence-electron chi connectivity index (χ4n) is 0.838. The van der Waals surface area contributed by atoms with Crippen LogP contribution < -0.4 is 34.7 Å². The molecule has 1 aromatic rings. The first-order valence-corrected chi connectivity index (χ1v) is 5.32. The molecule has 0 bridgehead atoms. The minimum absolute atomic E-state index is 0.